The number of hydrazone groups is 1. The molecule has 8 nitrogen and oxygen atoms in total. The quantitative estimate of drug-likeness (QED) is 0.735. The Morgan fingerprint density at radius 1 is 1.26 bits per heavy atom. The summed E-state index contributed by atoms with van der Waals surface area (Å²) in [7, 11) is 0. The number of rotatable bonds is 3. The van der Waals surface area contributed by atoms with Crippen LogP contribution >= 0.6 is 0 Å². The molecule has 2 fully saturated rings. The fourth-order valence-electron chi connectivity index (χ4n) is 4.17. The van der Waals surface area contributed by atoms with Crippen LogP contribution < -0.4 is 25.7 Å². The van der Waals surface area contributed by atoms with E-state index in [1.54, 1.807) is 0 Å². The highest BCUT2D eigenvalue weighted by molar-refractivity contribution is 6.09. The van der Waals surface area contributed by atoms with Gasteiger partial charge in [0.2, 0.25) is 0 Å². The zero-order valence-electron chi connectivity index (χ0n) is 15.5. The van der Waals surface area contributed by atoms with E-state index >= 15 is 0 Å². The van der Waals surface area contributed by atoms with Gasteiger partial charge in [-0.2, -0.15) is 5.10 Å². The molecule has 3 N–H and O–H groups in total. The molecule has 0 spiro atoms. The maximum absolute atomic E-state index is 12.2. The first-order valence-electron chi connectivity index (χ1n) is 9.72. The Hall–Kier alpha value is -2.32. The van der Waals surface area contributed by atoms with Crippen LogP contribution in [0, 0.1) is 0 Å². The van der Waals surface area contributed by atoms with Gasteiger partial charge in [0.05, 0.1) is 11.7 Å². The zero-order valence-corrected chi connectivity index (χ0v) is 15.5. The zero-order chi connectivity index (χ0) is 18.4. The van der Waals surface area contributed by atoms with E-state index in [4.69, 9.17) is 9.47 Å². The van der Waals surface area contributed by atoms with Gasteiger partial charge in [0.15, 0.2) is 5.84 Å². The molecule has 4 aliphatic heterocycles. The topological polar surface area (TPSA) is 87.2 Å². The molecule has 0 aliphatic carbocycles. The van der Waals surface area contributed by atoms with E-state index in [1.807, 2.05) is 11.8 Å². The van der Waals surface area contributed by atoms with Crippen molar-refractivity contribution in [2.24, 2.45) is 5.10 Å². The first-order chi connectivity index (χ1) is 13.2. The number of nitrogens with zero attached hydrogens (tertiary/aromatic N) is 2. The summed E-state index contributed by atoms with van der Waals surface area (Å²) in [4.78, 5) is 14.1. The van der Waals surface area contributed by atoms with Crippen molar-refractivity contribution in [3.05, 3.63) is 17.7 Å². The van der Waals surface area contributed by atoms with Crippen molar-refractivity contribution in [3.8, 4) is 5.75 Å². The maximum atomic E-state index is 12.2. The molecule has 1 aromatic rings. The van der Waals surface area contributed by atoms with Crippen LogP contribution in [0.1, 0.15) is 31.2 Å². The fourth-order valence-corrected chi connectivity index (χ4v) is 4.17. The molecular weight excluding hydrogens is 346 g/mol. The molecule has 1 aromatic carbocycles. The number of hydrogen-bond donors (Lipinski definition) is 3. The summed E-state index contributed by atoms with van der Waals surface area (Å²) in [6.45, 7) is 5.80. The van der Waals surface area contributed by atoms with Crippen LogP contribution in [0.25, 0.3) is 0 Å². The molecule has 0 aromatic heterocycles. The van der Waals surface area contributed by atoms with Crippen molar-refractivity contribution in [1.29, 1.82) is 0 Å². The van der Waals surface area contributed by atoms with Crippen LogP contribution in [0.5, 0.6) is 5.75 Å². The number of fused-ring (bicyclic) bond motifs is 3. The van der Waals surface area contributed by atoms with Gasteiger partial charge >= 0.3 is 0 Å². The van der Waals surface area contributed by atoms with Gasteiger partial charge in [-0.3, -0.25) is 4.79 Å². The summed E-state index contributed by atoms with van der Waals surface area (Å²) in [5.74, 6) is 1.93. The van der Waals surface area contributed by atoms with Crippen molar-refractivity contribution >= 4 is 23.1 Å². The second-order valence-corrected chi connectivity index (χ2v) is 7.63. The Labute approximate surface area is 158 Å². The molecule has 0 radical (unpaired) electrons. The molecule has 1 unspecified atom stereocenters. The van der Waals surface area contributed by atoms with Crippen molar-refractivity contribution in [1.82, 2.24) is 10.7 Å². The Balaban J connectivity index is 1.56. The Kier molecular flexibility index (Phi) is 4.17. The Morgan fingerprint density at radius 3 is 2.81 bits per heavy atom. The number of nitrogens with one attached hydrogen (secondary N) is 3. The standard InChI is InChI=1S/C19H25N5O3/c1-11-19(25)23-22-18-10-27-17-6-14(12-2-4-26-5-3-12)15(7-16(17)24(11)18)21-13-8-20-9-13/h6-7,11-13,20-21H,2-5,8-10H2,1H3,(H,23,25). The van der Waals surface area contributed by atoms with Gasteiger partial charge in [0.25, 0.3) is 5.91 Å². The number of anilines is 2. The third kappa shape index (κ3) is 2.93. The molecule has 2 saturated heterocycles. The number of amidine groups is 1. The molecule has 144 valence electrons. The largest absolute Gasteiger partial charge is 0.483 e. The third-order valence-electron chi connectivity index (χ3n) is 5.89. The summed E-state index contributed by atoms with van der Waals surface area (Å²) in [6.07, 6.45) is 2.04. The van der Waals surface area contributed by atoms with Gasteiger partial charge in [-0.25, -0.2) is 5.43 Å². The fraction of sp³-hybridized carbons (Fsp3) is 0.579. The summed E-state index contributed by atoms with van der Waals surface area (Å²) in [5, 5.41) is 11.2. The van der Waals surface area contributed by atoms with Crippen LogP contribution in [-0.4, -0.2) is 56.7 Å². The van der Waals surface area contributed by atoms with Gasteiger partial charge in [0, 0.05) is 32.0 Å². The SMILES string of the molecule is CC1C(=O)NN=C2COc3cc(C4CCOCC4)c(NC4CNC4)cc3N21. The van der Waals surface area contributed by atoms with E-state index in [1.165, 1.54) is 5.56 Å². The van der Waals surface area contributed by atoms with Gasteiger partial charge in [-0.1, -0.05) is 0 Å². The van der Waals surface area contributed by atoms with Crippen LogP contribution in [-0.2, 0) is 9.53 Å². The first-order valence-corrected chi connectivity index (χ1v) is 9.72. The van der Waals surface area contributed by atoms with E-state index in [2.05, 4.69) is 33.3 Å². The first kappa shape index (κ1) is 16.8. The highest BCUT2D eigenvalue weighted by atomic mass is 16.5. The predicted octanol–water partition coefficient (Wildman–Crippen LogP) is 0.995. The van der Waals surface area contributed by atoms with E-state index in [-0.39, 0.29) is 11.9 Å². The van der Waals surface area contributed by atoms with Crippen molar-refractivity contribution in [2.75, 3.05) is 43.1 Å². The maximum Gasteiger partial charge on any atom is 0.262 e. The number of ether oxygens (including phenoxy) is 2. The molecular formula is C19H25N5O3. The van der Waals surface area contributed by atoms with Gasteiger partial charge in [-0.15, -0.1) is 0 Å². The third-order valence-corrected chi connectivity index (χ3v) is 5.89. The molecule has 4 aliphatic rings. The molecule has 8 heteroatoms. The average Bonchev–Trinajstić information content (AvgIpc) is 2.67. The minimum absolute atomic E-state index is 0.0993. The molecule has 5 rings (SSSR count). The molecule has 4 heterocycles. The van der Waals surface area contributed by atoms with Crippen molar-refractivity contribution in [3.63, 3.8) is 0 Å². The highest BCUT2D eigenvalue weighted by Gasteiger charge is 2.36. The number of carbonyl (C=O) groups excluding carboxylic acids is 1. The van der Waals surface area contributed by atoms with Crippen LogP contribution in [0.15, 0.2) is 17.2 Å². The van der Waals surface area contributed by atoms with Gasteiger partial charge in [-0.05, 0) is 43.4 Å². The van der Waals surface area contributed by atoms with E-state index in [0.717, 1.165) is 62.1 Å². The van der Waals surface area contributed by atoms with Gasteiger partial charge in [0.1, 0.15) is 18.4 Å². The molecule has 27 heavy (non-hydrogen) atoms. The number of benzene rings is 1. The lowest BCUT2D eigenvalue weighted by molar-refractivity contribution is -0.122. The van der Waals surface area contributed by atoms with Crippen LogP contribution in [0.4, 0.5) is 11.4 Å². The highest BCUT2D eigenvalue weighted by Crippen LogP contribution is 2.43. The Bertz CT molecular complexity index is 786. The van der Waals surface area contributed by atoms with E-state index in [0.29, 0.717) is 18.6 Å². The lowest BCUT2D eigenvalue weighted by Crippen LogP contribution is -2.55. The smallest absolute Gasteiger partial charge is 0.262 e. The van der Waals surface area contributed by atoms with Crippen molar-refractivity contribution in [2.45, 2.75) is 37.8 Å². The van der Waals surface area contributed by atoms with Crippen molar-refractivity contribution < 1.29 is 14.3 Å². The molecule has 0 saturated carbocycles. The predicted molar refractivity (Wildman–Crippen MR) is 103 cm³/mol. The number of hydrogen-bond acceptors (Lipinski definition) is 7. The van der Waals surface area contributed by atoms with E-state index in [9.17, 15) is 4.79 Å². The summed E-state index contributed by atoms with van der Waals surface area (Å²) >= 11 is 0. The minimum atomic E-state index is -0.313. The van der Waals surface area contributed by atoms with Crippen LogP contribution in [0.2, 0.25) is 0 Å². The minimum Gasteiger partial charge on any atom is -0.483 e. The monoisotopic (exact) mass is 371 g/mol. The second-order valence-electron chi connectivity index (χ2n) is 7.63. The number of carbonyl (C=O) groups is 1. The second kappa shape index (κ2) is 6.69. The molecule has 0 bridgehead atoms. The Morgan fingerprint density at radius 2 is 2.07 bits per heavy atom. The normalized spacial score (nSPS) is 25.5. The van der Waals surface area contributed by atoms with Crippen LogP contribution in [0.3, 0.4) is 0 Å². The lowest BCUT2D eigenvalue weighted by atomic mass is 9.89. The summed E-state index contributed by atoms with van der Waals surface area (Å²) < 4.78 is 11.6. The average molecular weight is 371 g/mol. The van der Waals surface area contributed by atoms with Gasteiger partial charge < -0.3 is 25.0 Å². The lowest BCUT2D eigenvalue weighted by Gasteiger charge is -2.39. The molecule has 1 atom stereocenters. The summed E-state index contributed by atoms with van der Waals surface area (Å²) in [5.41, 5.74) is 5.91. The number of amides is 1. The van der Waals surface area contributed by atoms with E-state index < -0.39 is 0 Å². The summed E-state index contributed by atoms with van der Waals surface area (Å²) in [6, 6.07) is 4.42. The molecule has 1 amide bonds.